The Kier molecular flexibility index (Phi) is 6.69. The topological polar surface area (TPSA) is 107 Å². The second-order valence-electron chi connectivity index (χ2n) is 8.11. The number of anilines is 5. The molecule has 3 heterocycles. The Morgan fingerprint density at radius 3 is 2.03 bits per heavy atom. The molecule has 2 fully saturated rings. The number of nitrogens with zero attached hydrogens (tertiary/aromatic N) is 5. The fraction of sp³-hybridized carbons (Fsp3) is 0.545. The minimum Gasteiger partial charge on any atom is -0.506 e. The van der Waals surface area contributed by atoms with E-state index in [1.54, 1.807) is 25.1 Å². The molecule has 4 rings (SSSR count). The van der Waals surface area contributed by atoms with Crippen molar-refractivity contribution in [3.8, 4) is 5.75 Å². The van der Waals surface area contributed by atoms with Gasteiger partial charge in [-0.25, -0.2) is 0 Å². The van der Waals surface area contributed by atoms with E-state index in [4.69, 9.17) is 4.98 Å². The average molecular weight is 426 g/mol. The third-order valence-electron chi connectivity index (χ3n) is 5.74. The molecule has 3 N–H and O–H groups in total. The van der Waals surface area contributed by atoms with Crippen molar-refractivity contribution < 1.29 is 9.90 Å². The van der Waals surface area contributed by atoms with Crippen LogP contribution >= 0.6 is 0 Å². The van der Waals surface area contributed by atoms with Gasteiger partial charge in [0.2, 0.25) is 23.8 Å². The predicted octanol–water partition coefficient (Wildman–Crippen LogP) is 3.65. The van der Waals surface area contributed by atoms with Crippen LogP contribution in [0.5, 0.6) is 5.75 Å². The summed E-state index contributed by atoms with van der Waals surface area (Å²) in [6.45, 7) is 5.58. The molecule has 0 radical (unpaired) electrons. The van der Waals surface area contributed by atoms with Crippen LogP contribution in [0.2, 0.25) is 0 Å². The molecular formula is C22H31N7O2. The van der Waals surface area contributed by atoms with Crippen molar-refractivity contribution in [3.05, 3.63) is 18.2 Å². The van der Waals surface area contributed by atoms with E-state index in [1.165, 1.54) is 12.8 Å². The Morgan fingerprint density at radius 1 is 0.935 bits per heavy atom. The zero-order valence-electron chi connectivity index (χ0n) is 18.1. The van der Waals surface area contributed by atoms with Gasteiger partial charge < -0.3 is 25.5 Å². The number of hydrogen-bond acceptors (Lipinski definition) is 8. The summed E-state index contributed by atoms with van der Waals surface area (Å²) >= 11 is 0. The number of amides is 1. The Bertz CT molecular complexity index is 872. The van der Waals surface area contributed by atoms with Crippen LogP contribution < -0.4 is 20.4 Å². The lowest BCUT2D eigenvalue weighted by molar-refractivity contribution is -0.115. The highest BCUT2D eigenvalue weighted by atomic mass is 16.3. The summed E-state index contributed by atoms with van der Waals surface area (Å²) in [5, 5.41) is 16.2. The molecule has 9 nitrogen and oxygen atoms in total. The molecule has 0 saturated carbocycles. The van der Waals surface area contributed by atoms with Gasteiger partial charge in [-0.2, -0.15) is 15.0 Å². The molecule has 1 amide bonds. The largest absolute Gasteiger partial charge is 0.506 e. The number of piperidine rings is 2. The number of nitrogens with one attached hydrogen (secondary N) is 2. The number of carbonyl (C=O) groups is 1. The van der Waals surface area contributed by atoms with Gasteiger partial charge >= 0.3 is 0 Å². The average Bonchev–Trinajstić information content (AvgIpc) is 2.81. The normalized spacial score (nSPS) is 16.8. The van der Waals surface area contributed by atoms with Crippen molar-refractivity contribution in [2.45, 2.75) is 51.9 Å². The smallest absolute Gasteiger partial charge is 0.233 e. The van der Waals surface area contributed by atoms with Crippen LogP contribution in [0.15, 0.2) is 18.2 Å². The molecule has 1 aromatic heterocycles. The maximum absolute atomic E-state index is 11.6. The summed E-state index contributed by atoms with van der Waals surface area (Å²) in [6, 6.07) is 5.02. The molecule has 2 aromatic rings. The van der Waals surface area contributed by atoms with Crippen LogP contribution in [0.1, 0.15) is 51.9 Å². The second-order valence-corrected chi connectivity index (χ2v) is 8.11. The van der Waals surface area contributed by atoms with Gasteiger partial charge in [-0.1, -0.05) is 6.92 Å². The van der Waals surface area contributed by atoms with Crippen molar-refractivity contribution in [3.63, 3.8) is 0 Å². The fourth-order valence-corrected chi connectivity index (χ4v) is 3.96. The summed E-state index contributed by atoms with van der Waals surface area (Å²) in [4.78, 5) is 30.2. The molecule has 0 spiro atoms. The van der Waals surface area contributed by atoms with E-state index in [9.17, 15) is 9.90 Å². The fourth-order valence-electron chi connectivity index (χ4n) is 3.96. The van der Waals surface area contributed by atoms with Gasteiger partial charge in [0.15, 0.2) is 0 Å². The van der Waals surface area contributed by atoms with Crippen LogP contribution in [-0.4, -0.2) is 52.1 Å². The standard InChI is InChI=1S/C22H31N7O2/c1-2-19(31)24-17-10-9-16(15-18(17)30)23-20-25-21(28-11-5-3-6-12-28)27-22(26-20)29-13-7-4-8-14-29/h9-10,15,30H,2-8,11-14H2,1H3,(H,24,31)(H,23,25,26,27). The molecule has 31 heavy (non-hydrogen) atoms. The molecule has 2 aliphatic rings. The van der Waals surface area contributed by atoms with E-state index in [2.05, 4.69) is 30.4 Å². The quantitative estimate of drug-likeness (QED) is 0.602. The lowest BCUT2D eigenvalue weighted by Crippen LogP contribution is -2.34. The third kappa shape index (κ3) is 5.34. The first kappa shape index (κ1) is 21.1. The van der Waals surface area contributed by atoms with Gasteiger partial charge in [0.25, 0.3) is 0 Å². The first-order chi connectivity index (χ1) is 15.1. The lowest BCUT2D eigenvalue weighted by atomic mass is 10.1. The predicted molar refractivity (Wildman–Crippen MR) is 122 cm³/mol. The van der Waals surface area contributed by atoms with Crippen LogP contribution in [-0.2, 0) is 4.79 Å². The molecule has 9 heteroatoms. The summed E-state index contributed by atoms with van der Waals surface area (Å²) in [5.74, 6) is 1.71. The number of phenols is 1. The number of aromatic nitrogens is 3. The molecule has 1 aromatic carbocycles. The van der Waals surface area contributed by atoms with Gasteiger partial charge in [-0.05, 0) is 50.7 Å². The third-order valence-corrected chi connectivity index (χ3v) is 5.74. The van der Waals surface area contributed by atoms with Crippen LogP contribution in [0.25, 0.3) is 0 Å². The molecule has 0 aliphatic carbocycles. The summed E-state index contributed by atoms with van der Waals surface area (Å²) < 4.78 is 0. The SMILES string of the molecule is CCC(=O)Nc1ccc(Nc2nc(N3CCCCC3)nc(N3CCCCC3)n2)cc1O. The minimum atomic E-state index is -0.147. The number of benzene rings is 1. The highest BCUT2D eigenvalue weighted by Crippen LogP contribution is 2.29. The van der Waals surface area contributed by atoms with E-state index in [-0.39, 0.29) is 11.7 Å². The molecule has 166 valence electrons. The number of rotatable bonds is 6. The first-order valence-corrected chi connectivity index (χ1v) is 11.3. The summed E-state index contributed by atoms with van der Waals surface area (Å²) in [7, 11) is 0. The molecule has 2 aliphatic heterocycles. The highest BCUT2D eigenvalue weighted by Gasteiger charge is 2.20. The van der Waals surface area contributed by atoms with Crippen LogP contribution in [0.3, 0.4) is 0 Å². The second kappa shape index (κ2) is 9.80. The van der Waals surface area contributed by atoms with E-state index in [0.29, 0.717) is 35.6 Å². The maximum atomic E-state index is 11.6. The van der Waals surface area contributed by atoms with Crippen molar-refractivity contribution in [1.82, 2.24) is 15.0 Å². The van der Waals surface area contributed by atoms with Crippen molar-refractivity contribution in [2.24, 2.45) is 0 Å². The Hall–Kier alpha value is -3.10. The Morgan fingerprint density at radius 2 is 1.52 bits per heavy atom. The van der Waals surface area contributed by atoms with Gasteiger partial charge in [0.1, 0.15) is 5.75 Å². The number of aromatic hydroxyl groups is 1. The van der Waals surface area contributed by atoms with Gasteiger partial charge in [-0.15, -0.1) is 0 Å². The van der Waals surface area contributed by atoms with E-state index in [0.717, 1.165) is 51.9 Å². The van der Waals surface area contributed by atoms with Gasteiger partial charge in [-0.3, -0.25) is 4.79 Å². The van der Waals surface area contributed by atoms with Gasteiger partial charge in [0.05, 0.1) is 5.69 Å². The molecule has 0 unspecified atom stereocenters. The number of phenolic OH excluding ortho intramolecular Hbond substituents is 1. The van der Waals surface area contributed by atoms with Crippen molar-refractivity contribution >= 4 is 35.1 Å². The highest BCUT2D eigenvalue weighted by molar-refractivity contribution is 5.92. The number of hydrogen-bond donors (Lipinski definition) is 3. The monoisotopic (exact) mass is 425 g/mol. The van der Waals surface area contributed by atoms with Gasteiger partial charge in [0, 0.05) is 44.4 Å². The molecular weight excluding hydrogens is 394 g/mol. The summed E-state index contributed by atoms with van der Waals surface area (Å²) in [6.07, 6.45) is 7.41. The zero-order valence-corrected chi connectivity index (χ0v) is 18.1. The Balaban J connectivity index is 1.59. The van der Waals surface area contributed by atoms with E-state index >= 15 is 0 Å². The lowest BCUT2D eigenvalue weighted by Gasteiger charge is -2.30. The minimum absolute atomic E-state index is 0.00614. The number of carbonyl (C=O) groups excluding carboxylic acids is 1. The first-order valence-electron chi connectivity index (χ1n) is 11.3. The Labute approximate surface area is 182 Å². The van der Waals surface area contributed by atoms with E-state index in [1.807, 2.05) is 0 Å². The van der Waals surface area contributed by atoms with E-state index < -0.39 is 0 Å². The van der Waals surface area contributed by atoms with Crippen molar-refractivity contribution in [1.29, 1.82) is 0 Å². The molecule has 2 saturated heterocycles. The zero-order chi connectivity index (χ0) is 21.6. The van der Waals surface area contributed by atoms with Crippen LogP contribution in [0, 0.1) is 0 Å². The van der Waals surface area contributed by atoms with Crippen LogP contribution in [0.4, 0.5) is 29.2 Å². The molecule has 0 atom stereocenters. The molecule has 0 bridgehead atoms. The summed E-state index contributed by atoms with van der Waals surface area (Å²) in [5.41, 5.74) is 1.03. The maximum Gasteiger partial charge on any atom is 0.233 e. The van der Waals surface area contributed by atoms with Crippen molar-refractivity contribution in [2.75, 3.05) is 46.6 Å².